The summed E-state index contributed by atoms with van der Waals surface area (Å²) in [4.78, 5) is 2.34. The molecule has 0 unspecified atom stereocenters. The van der Waals surface area contributed by atoms with Gasteiger partial charge in [-0.25, -0.2) is 0 Å². The summed E-state index contributed by atoms with van der Waals surface area (Å²) in [6, 6.07) is 16.1. The van der Waals surface area contributed by atoms with Gasteiger partial charge in [0.2, 0.25) is 0 Å². The molecular weight excluding hydrogens is 322 g/mol. The minimum absolute atomic E-state index is 0.765. The summed E-state index contributed by atoms with van der Waals surface area (Å²) in [5.74, 6) is 3.84. The van der Waals surface area contributed by atoms with E-state index in [0.717, 1.165) is 54.1 Å². The molecule has 0 N–H and O–H groups in total. The Bertz CT molecular complexity index is 731. The molecule has 0 aliphatic rings. The zero-order valence-corrected chi connectivity index (χ0v) is 14.8. The lowest BCUT2D eigenvalue weighted by Gasteiger charge is -2.20. The molecular formula is C20H22ClNO2. The Morgan fingerprint density at radius 1 is 0.792 bits per heavy atom. The monoisotopic (exact) mass is 343 g/mol. The van der Waals surface area contributed by atoms with E-state index in [1.54, 1.807) is 0 Å². The molecule has 0 spiro atoms. The second-order valence-corrected chi connectivity index (χ2v) is 6.55. The first-order chi connectivity index (χ1) is 11.6. The molecule has 0 atom stereocenters. The molecule has 0 aliphatic carbocycles. The van der Waals surface area contributed by atoms with Crippen molar-refractivity contribution in [2.75, 3.05) is 6.54 Å². The Balaban J connectivity index is 1.67. The molecule has 1 aromatic carbocycles. The lowest BCUT2D eigenvalue weighted by molar-refractivity contribution is 0.218. The maximum Gasteiger partial charge on any atom is 0.118 e. The van der Waals surface area contributed by atoms with Crippen molar-refractivity contribution in [3.05, 3.63) is 82.2 Å². The van der Waals surface area contributed by atoms with Crippen LogP contribution in [0.5, 0.6) is 0 Å². The van der Waals surface area contributed by atoms with Crippen molar-refractivity contribution in [1.29, 1.82) is 0 Å². The van der Waals surface area contributed by atoms with Crippen molar-refractivity contribution in [2.24, 2.45) is 0 Å². The standard InChI is InChI=1S/C20H22ClNO2/c1-15-3-9-19(23-15)13-22(14-20-10-4-16(2)24-20)12-11-17-5-7-18(21)8-6-17/h3-10H,11-14H2,1-2H3. The molecule has 3 rings (SSSR count). The van der Waals surface area contributed by atoms with Crippen LogP contribution in [0.3, 0.4) is 0 Å². The molecule has 4 heteroatoms. The maximum absolute atomic E-state index is 5.96. The van der Waals surface area contributed by atoms with Crippen molar-refractivity contribution < 1.29 is 8.83 Å². The van der Waals surface area contributed by atoms with Crippen LogP contribution in [-0.2, 0) is 19.5 Å². The third kappa shape index (κ3) is 4.76. The first-order valence-electron chi connectivity index (χ1n) is 8.16. The first kappa shape index (κ1) is 16.9. The van der Waals surface area contributed by atoms with Crippen LogP contribution in [0, 0.1) is 13.8 Å². The van der Waals surface area contributed by atoms with Crippen LogP contribution in [-0.4, -0.2) is 11.4 Å². The van der Waals surface area contributed by atoms with Crippen molar-refractivity contribution in [3.8, 4) is 0 Å². The number of rotatable bonds is 7. The second kappa shape index (κ2) is 7.73. The van der Waals surface area contributed by atoms with Gasteiger partial charge in [-0.15, -0.1) is 0 Å². The minimum atomic E-state index is 0.765. The third-order valence-electron chi connectivity index (χ3n) is 3.98. The van der Waals surface area contributed by atoms with Gasteiger partial charge in [-0.2, -0.15) is 0 Å². The van der Waals surface area contributed by atoms with Crippen LogP contribution in [0.25, 0.3) is 0 Å². The van der Waals surface area contributed by atoms with Gasteiger partial charge in [0.25, 0.3) is 0 Å². The van der Waals surface area contributed by atoms with E-state index < -0.39 is 0 Å². The van der Waals surface area contributed by atoms with E-state index in [1.807, 2.05) is 50.2 Å². The van der Waals surface area contributed by atoms with Crippen LogP contribution in [0.4, 0.5) is 0 Å². The molecule has 3 aromatic rings. The molecule has 0 bridgehead atoms. The lowest BCUT2D eigenvalue weighted by Crippen LogP contribution is -2.25. The first-order valence-corrected chi connectivity index (χ1v) is 8.54. The molecule has 0 fully saturated rings. The normalized spacial score (nSPS) is 11.3. The Morgan fingerprint density at radius 2 is 1.33 bits per heavy atom. The number of nitrogens with zero attached hydrogens (tertiary/aromatic N) is 1. The summed E-state index contributed by atoms with van der Waals surface area (Å²) < 4.78 is 11.5. The summed E-state index contributed by atoms with van der Waals surface area (Å²) in [6.07, 6.45) is 0.955. The fourth-order valence-corrected chi connectivity index (χ4v) is 2.86. The van der Waals surface area contributed by atoms with Crippen LogP contribution in [0.1, 0.15) is 28.6 Å². The Kier molecular flexibility index (Phi) is 5.44. The number of hydrogen-bond acceptors (Lipinski definition) is 3. The van der Waals surface area contributed by atoms with Gasteiger partial charge in [0.15, 0.2) is 0 Å². The highest BCUT2D eigenvalue weighted by molar-refractivity contribution is 6.30. The SMILES string of the molecule is Cc1ccc(CN(CCc2ccc(Cl)cc2)Cc2ccc(C)o2)o1. The zero-order chi connectivity index (χ0) is 16.9. The highest BCUT2D eigenvalue weighted by atomic mass is 35.5. The summed E-state index contributed by atoms with van der Waals surface area (Å²) in [5.41, 5.74) is 1.27. The summed E-state index contributed by atoms with van der Waals surface area (Å²) in [6.45, 7) is 6.39. The summed E-state index contributed by atoms with van der Waals surface area (Å²) in [5, 5.41) is 0.771. The van der Waals surface area contributed by atoms with Crippen LogP contribution >= 0.6 is 11.6 Å². The van der Waals surface area contributed by atoms with Gasteiger partial charge in [0.1, 0.15) is 23.0 Å². The Morgan fingerprint density at radius 3 is 1.79 bits per heavy atom. The number of hydrogen-bond donors (Lipinski definition) is 0. The van der Waals surface area contributed by atoms with Crippen LogP contribution in [0.15, 0.2) is 57.4 Å². The van der Waals surface area contributed by atoms with E-state index in [-0.39, 0.29) is 0 Å². The number of benzene rings is 1. The number of halogens is 1. The van der Waals surface area contributed by atoms with Gasteiger partial charge >= 0.3 is 0 Å². The van der Waals surface area contributed by atoms with Gasteiger partial charge in [-0.3, -0.25) is 4.90 Å². The summed E-state index contributed by atoms with van der Waals surface area (Å²) in [7, 11) is 0. The molecule has 2 aromatic heterocycles. The fourth-order valence-electron chi connectivity index (χ4n) is 2.73. The third-order valence-corrected chi connectivity index (χ3v) is 4.23. The molecule has 0 radical (unpaired) electrons. The lowest BCUT2D eigenvalue weighted by atomic mass is 10.1. The van der Waals surface area contributed by atoms with Gasteiger partial charge in [-0.05, 0) is 62.2 Å². The average molecular weight is 344 g/mol. The average Bonchev–Trinajstić information content (AvgIpc) is 3.15. The molecule has 2 heterocycles. The van der Waals surface area contributed by atoms with Gasteiger partial charge < -0.3 is 8.83 Å². The molecule has 0 amide bonds. The highest BCUT2D eigenvalue weighted by Crippen LogP contribution is 2.16. The van der Waals surface area contributed by atoms with E-state index in [1.165, 1.54) is 5.56 Å². The van der Waals surface area contributed by atoms with Crippen molar-refractivity contribution in [1.82, 2.24) is 4.90 Å². The predicted octanol–water partition coefficient (Wildman–Crippen LogP) is 5.39. The van der Waals surface area contributed by atoms with E-state index in [9.17, 15) is 0 Å². The molecule has 0 saturated heterocycles. The van der Waals surface area contributed by atoms with Crippen LogP contribution in [0.2, 0.25) is 5.02 Å². The van der Waals surface area contributed by atoms with Crippen LogP contribution < -0.4 is 0 Å². The largest absolute Gasteiger partial charge is 0.465 e. The van der Waals surface area contributed by atoms with Gasteiger partial charge in [0, 0.05) is 11.6 Å². The molecule has 0 aliphatic heterocycles. The topological polar surface area (TPSA) is 29.5 Å². The van der Waals surface area contributed by atoms with Crippen molar-refractivity contribution in [2.45, 2.75) is 33.4 Å². The van der Waals surface area contributed by atoms with E-state index in [2.05, 4.69) is 17.0 Å². The predicted molar refractivity (Wildman–Crippen MR) is 96.2 cm³/mol. The van der Waals surface area contributed by atoms with E-state index in [4.69, 9.17) is 20.4 Å². The quantitative estimate of drug-likeness (QED) is 0.576. The number of furan rings is 2. The molecule has 126 valence electrons. The molecule has 24 heavy (non-hydrogen) atoms. The smallest absolute Gasteiger partial charge is 0.118 e. The van der Waals surface area contributed by atoms with Gasteiger partial charge in [-0.1, -0.05) is 23.7 Å². The molecule has 0 saturated carbocycles. The maximum atomic E-state index is 5.96. The van der Waals surface area contributed by atoms with E-state index in [0.29, 0.717) is 0 Å². The van der Waals surface area contributed by atoms with Crippen molar-refractivity contribution >= 4 is 11.6 Å². The zero-order valence-electron chi connectivity index (χ0n) is 14.1. The summed E-state index contributed by atoms with van der Waals surface area (Å²) >= 11 is 5.96. The fraction of sp³-hybridized carbons (Fsp3) is 0.300. The Hall–Kier alpha value is -1.97. The van der Waals surface area contributed by atoms with Gasteiger partial charge in [0.05, 0.1) is 13.1 Å². The highest BCUT2D eigenvalue weighted by Gasteiger charge is 2.12. The molecule has 3 nitrogen and oxygen atoms in total. The second-order valence-electron chi connectivity index (χ2n) is 6.11. The van der Waals surface area contributed by atoms with E-state index >= 15 is 0 Å². The van der Waals surface area contributed by atoms with Crippen molar-refractivity contribution in [3.63, 3.8) is 0 Å². The minimum Gasteiger partial charge on any atom is -0.465 e. The number of aryl methyl sites for hydroxylation is 2. The Labute approximate surface area is 147 Å².